The SMILES string of the molecule is [C-]#[N+]c1cc(-c2nc(N[C@@H]3CCN(S(=O)(=O)c4cnn(C)c4)C[C@H]3F)ncc2C(F)(F)F)sc1CC(C)(C)O. The number of aliphatic hydroxyl groups is 1. The molecule has 0 unspecified atom stereocenters. The van der Waals surface area contributed by atoms with E-state index < -0.39 is 51.8 Å². The zero-order valence-electron chi connectivity index (χ0n) is 21.1. The zero-order chi connectivity index (χ0) is 28.8. The molecule has 0 saturated carbocycles. The van der Waals surface area contributed by atoms with E-state index in [-0.39, 0.29) is 40.8 Å². The van der Waals surface area contributed by atoms with Gasteiger partial charge >= 0.3 is 6.18 Å². The number of rotatable bonds is 7. The molecule has 0 radical (unpaired) electrons. The van der Waals surface area contributed by atoms with Crippen molar-refractivity contribution < 1.29 is 31.1 Å². The Labute approximate surface area is 226 Å². The van der Waals surface area contributed by atoms with E-state index in [0.717, 1.165) is 15.6 Å². The van der Waals surface area contributed by atoms with Gasteiger partial charge in [0.15, 0.2) is 0 Å². The lowest BCUT2D eigenvalue weighted by Gasteiger charge is -2.34. The Balaban J connectivity index is 1.59. The van der Waals surface area contributed by atoms with E-state index >= 15 is 4.39 Å². The van der Waals surface area contributed by atoms with Gasteiger partial charge in [-0.1, -0.05) is 0 Å². The predicted octanol–water partition coefficient (Wildman–Crippen LogP) is 4.03. The van der Waals surface area contributed by atoms with Gasteiger partial charge in [-0.25, -0.2) is 27.6 Å². The molecule has 2 atom stereocenters. The number of alkyl halides is 4. The maximum Gasteiger partial charge on any atom is 0.420 e. The minimum absolute atomic E-state index is 0.0109. The summed E-state index contributed by atoms with van der Waals surface area (Å²) in [6.45, 7) is 9.92. The van der Waals surface area contributed by atoms with Crippen molar-refractivity contribution >= 4 is 33.0 Å². The lowest BCUT2D eigenvalue weighted by atomic mass is 10.0. The van der Waals surface area contributed by atoms with E-state index in [1.54, 1.807) is 7.05 Å². The Kier molecular flexibility index (Phi) is 7.74. The zero-order valence-corrected chi connectivity index (χ0v) is 22.7. The third-order valence-electron chi connectivity index (χ3n) is 5.97. The second-order valence-electron chi connectivity index (χ2n) is 9.74. The first-order valence-corrected chi connectivity index (χ1v) is 13.9. The fourth-order valence-corrected chi connectivity index (χ4v) is 6.87. The number of aryl methyl sites for hydroxylation is 1. The Hall–Kier alpha value is -3.13. The summed E-state index contributed by atoms with van der Waals surface area (Å²) in [5.74, 6) is -0.268. The molecule has 1 aliphatic heterocycles. The van der Waals surface area contributed by atoms with Gasteiger partial charge in [-0.2, -0.15) is 33.9 Å². The van der Waals surface area contributed by atoms with Crippen LogP contribution in [0.1, 0.15) is 30.7 Å². The van der Waals surface area contributed by atoms with Crippen LogP contribution in [-0.4, -0.2) is 68.5 Å². The molecule has 0 amide bonds. The van der Waals surface area contributed by atoms with Crippen LogP contribution in [0.3, 0.4) is 0 Å². The molecule has 1 saturated heterocycles. The summed E-state index contributed by atoms with van der Waals surface area (Å²) < 4.78 is 84.5. The number of halogens is 4. The van der Waals surface area contributed by atoms with Crippen molar-refractivity contribution in [2.75, 3.05) is 18.4 Å². The number of sulfonamides is 1. The fourth-order valence-electron chi connectivity index (χ4n) is 4.10. The molecule has 0 aliphatic carbocycles. The van der Waals surface area contributed by atoms with E-state index in [9.17, 15) is 26.7 Å². The van der Waals surface area contributed by atoms with Gasteiger partial charge in [0.1, 0.15) is 16.6 Å². The van der Waals surface area contributed by atoms with Crippen LogP contribution in [-0.2, 0) is 29.7 Å². The summed E-state index contributed by atoms with van der Waals surface area (Å²) in [4.78, 5) is 11.5. The van der Waals surface area contributed by atoms with Crippen LogP contribution in [0.4, 0.5) is 29.2 Å². The summed E-state index contributed by atoms with van der Waals surface area (Å²) in [5.41, 5.74) is -2.70. The van der Waals surface area contributed by atoms with Gasteiger partial charge in [-0.3, -0.25) is 4.68 Å². The second-order valence-corrected chi connectivity index (χ2v) is 12.8. The Morgan fingerprint density at radius 3 is 2.59 bits per heavy atom. The first-order valence-electron chi connectivity index (χ1n) is 11.6. The molecule has 1 aliphatic rings. The van der Waals surface area contributed by atoms with Crippen molar-refractivity contribution in [3.63, 3.8) is 0 Å². The van der Waals surface area contributed by atoms with E-state index in [1.165, 1.54) is 37.0 Å². The first-order chi connectivity index (χ1) is 18.1. The van der Waals surface area contributed by atoms with Crippen LogP contribution in [0, 0.1) is 6.57 Å². The van der Waals surface area contributed by atoms with Gasteiger partial charge in [-0.15, -0.1) is 0 Å². The molecule has 0 aromatic carbocycles. The van der Waals surface area contributed by atoms with Gasteiger partial charge in [0.2, 0.25) is 21.7 Å². The number of piperidine rings is 1. The maximum atomic E-state index is 15.1. The van der Waals surface area contributed by atoms with Crippen LogP contribution >= 0.6 is 11.3 Å². The third kappa shape index (κ3) is 6.38. The summed E-state index contributed by atoms with van der Waals surface area (Å²) in [5, 5.41) is 16.7. The Morgan fingerprint density at radius 2 is 2.03 bits per heavy atom. The van der Waals surface area contributed by atoms with Gasteiger partial charge in [0.25, 0.3) is 0 Å². The molecule has 16 heteroatoms. The second kappa shape index (κ2) is 10.5. The molecule has 1 fully saturated rings. The lowest BCUT2D eigenvalue weighted by molar-refractivity contribution is -0.137. The number of hydrogen-bond donors (Lipinski definition) is 2. The topological polar surface area (TPSA) is 118 Å². The normalized spacial score (nSPS) is 19.2. The Morgan fingerprint density at radius 1 is 1.31 bits per heavy atom. The third-order valence-corrected chi connectivity index (χ3v) is 8.91. The lowest BCUT2D eigenvalue weighted by Crippen LogP contribution is -2.50. The van der Waals surface area contributed by atoms with Gasteiger partial charge in [-0.05, 0) is 26.3 Å². The number of thiophene rings is 1. The first kappa shape index (κ1) is 28.9. The molecule has 39 heavy (non-hydrogen) atoms. The minimum atomic E-state index is -4.80. The van der Waals surface area contributed by atoms with Crippen LogP contribution in [0.15, 0.2) is 29.6 Å². The van der Waals surface area contributed by atoms with Crippen LogP contribution in [0.2, 0.25) is 0 Å². The molecule has 4 rings (SSSR count). The molecule has 10 nitrogen and oxygen atoms in total. The number of nitrogens with zero attached hydrogens (tertiary/aromatic N) is 6. The van der Waals surface area contributed by atoms with Crippen molar-refractivity contribution in [2.24, 2.45) is 7.05 Å². The highest BCUT2D eigenvalue weighted by molar-refractivity contribution is 7.89. The van der Waals surface area contributed by atoms with E-state index in [2.05, 4.69) is 25.2 Å². The molecule has 3 aromatic rings. The van der Waals surface area contributed by atoms with Gasteiger partial charge < -0.3 is 10.4 Å². The van der Waals surface area contributed by atoms with Crippen molar-refractivity contribution in [1.82, 2.24) is 24.1 Å². The van der Waals surface area contributed by atoms with Crippen molar-refractivity contribution in [3.8, 4) is 10.6 Å². The monoisotopic (exact) mass is 587 g/mol. The quantitative estimate of drug-likeness (QED) is 0.317. The summed E-state index contributed by atoms with van der Waals surface area (Å²) in [6, 6.07) is 0.322. The van der Waals surface area contributed by atoms with E-state index in [1.807, 2.05) is 0 Å². The number of hydrogen-bond acceptors (Lipinski definition) is 8. The highest BCUT2D eigenvalue weighted by Crippen LogP contribution is 2.43. The summed E-state index contributed by atoms with van der Waals surface area (Å²) in [6.07, 6.45) is -3.38. The largest absolute Gasteiger partial charge is 0.420 e. The summed E-state index contributed by atoms with van der Waals surface area (Å²) in [7, 11) is -2.41. The van der Waals surface area contributed by atoms with Crippen molar-refractivity contribution in [3.05, 3.63) is 46.5 Å². The van der Waals surface area contributed by atoms with Gasteiger partial charge in [0, 0.05) is 48.7 Å². The van der Waals surface area contributed by atoms with Gasteiger partial charge in [0.05, 0.1) is 30.1 Å². The number of anilines is 1. The minimum Gasteiger partial charge on any atom is -0.390 e. The van der Waals surface area contributed by atoms with Crippen molar-refractivity contribution in [1.29, 1.82) is 0 Å². The molecule has 2 N–H and O–H groups in total. The molecule has 4 heterocycles. The maximum absolute atomic E-state index is 15.1. The Bertz CT molecular complexity index is 1510. The molecule has 0 spiro atoms. The number of nitrogens with one attached hydrogen (secondary N) is 1. The molecule has 3 aromatic heterocycles. The highest BCUT2D eigenvalue weighted by atomic mass is 32.2. The van der Waals surface area contributed by atoms with E-state index in [0.29, 0.717) is 11.1 Å². The highest BCUT2D eigenvalue weighted by Gasteiger charge is 2.39. The average Bonchev–Trinajstić information content (AvgIpc) is 3.44. The van der Waals surface area contributed by atoms with Crippen LogP contribution < -0.4 is 5.32 Å². The van der Waals surface area contributed by atoms with Crippen molar-refractivity contribution in [2.45, 2.75) is 55.6 Å². The molecule has 210 valence electrons. The van der Waals surface area contributed by atoms with E-state index in [4.69, 9.17) is 6.57 Å². The smallest absolute Gasteiger partial charge is 0.390 e. The average molecular weight is 588 g/mol. The predicted molar refractivity (Wildman–Crippen MR) is 136 cm³/mol. The number of aromatic nitrogens is 4. The molecular weight excluding hydrogens is 562 g/mol. The molecular formula is C23H25F4N7O3S2. The standard InChI is InChI=1S/C23H25F4N7O3S2/c1-22(2,35)8-19-17(28-3)7-18(38-19)20-14(23(25,26)27)10-29-21(32-20)31-16-5-6-34(12-15(16)24)39(36,37)13-9-30-33(4)11-13/h7,9-11,15-16,35H,5-6,8,12H2,1-2,4H3,(H,29,31,32)/t15-,16-/m1/s1. The fraction of sp³-hybridized carbons (Fsp3) is 0.478. The van der Waals surface area contributed by atoms with Crippen LogP contribution in [0.25, 0.3) is 15.4 Å². The summed E-state index contributed by atoms with van der Waals surface area (Å²) >= 11 is 0.906. The molecule has 0 bridgehead atoms. The van der Waals surface area contributed by atoms with Crippen LogP contribution in [0.5, 0.6) is 0 Å².